The predicted molar refractivity (Wildman–Crippen MR) is 54.4 cm³/mol. The van der Waals surface area contributed by atoms with Crippen LogP contribution < -0.4 is 10.1 Å². The molecule has 0 radical (unpaired) electrons. The van der Waals surface area contributed by atoms with Gasteiger partial charge in [0.2, 0.25) is 5.88 Å². The number of aromatic nitrogens is 2. The molecule has 4 heteroatoms. The topological polar surface area (TPSA) is 39.1 Å². The number of aryl methyl sites for hydroxylation is 2. The Morgan fingerprint density at radius 3 is 3.07 bits per heavy atom. The lowest BCUT2D eigenvalue weighted by Crippen LogP contribution is -2.18. The van der Waals surface area contributed by atoms with E-state index in [0.717, 1.165) is 25.4 Å². The molecule has 0 saturated heterocycles. The van der Waals surface area contributed by atoms with Gasteiger partial charge in [-0.05, 0) is 25.8 Å². The zero-order chi connectivity index (χ0) is 9.97. The highest BCUT2D eigenvalue weighted by Crippen LogP contribution is 2.23. The van der Waals surface area contributed by atoms with E-state index in [0.29, 0.717) is 0 Å². The van der Waals surface area contributed by atoms with Crippen molar-refractivity contribution in [3.05, 3.63) is 11.3 Å². The Kier molecular flexibility index (Phi) is 2.72. The van der Waals surface area contributed by atoms with E-state index in [2.05, 4.69) is 10.4 Å². The van der Waals surface area contributed by atoms with Crippen molar-refractivity contribution in [2.45, 2.75) is 25.8 Å². The molecule has 1 aliphatic rings. The third-order valence-corrected chi connectivity index (χ3v) is 2.68. The molecule has 0 spiro atoms. The Bertz CT molecular complexity index is 319. The van der Waals surface area contributed by atoms with Crippen LogP contribution in [0.3, 0.4) is 0 Å². The normalized spacial score (nSPS) is 17.0. The third-order valence-electron chi connectivity index (χ3n) is 2.68. The van der Waals surface area contributed by atoms with Crippen molar-refractivity contribution in [1.82, 2.24) is 15.1 Å². The summed E-state index contributed by atoms with van der Waals surface area (Å²) < 4.78 is 7.17. The van der Waals surface area contributed by atoms with Crippen LogP contribution in [-0.4, -0.2) is 23.4 Å². The first kappa shape index (κ1) is 9.52. The summed E-state index contributed by atoms with van der Waals surface area (Å²) in [5.41, 5.74) is 2.42. The summed E-state index contributed by atoms with van der Waals surface area (Å²) >= 11 is 0. The monoisotopic (exact) mass is 195 g/mol. The van der Waals surface area contributed by atoms with Crippen LogP contribution >= 0.6 is 0 Å². The number of nitrogens with one attached hydrogen (secondary N) is 1. The van der Waals surface area contributed by atoms with Crippen LogP contribution in [-0.2, 0) is 20.0 Å². The SMILES string of the molecule is COc1c2c(nn1C)CCCCNC2. The van der Waals surface area contributed by atoms with E-state index >= 15 is 0 Å². The highest BCUT2D eigenvalue weighted by Gasteiger charge is 2.17. The molecule has 2 rings (SSSR count). The molecule has 0 fully saturated rings. The molecule has 4 nitrogen and oxygen atoms in total. The van der Waals surface area contributed by atoms with Crippen molar-refractivity contribution < 1.29 is 4.74 Å². The molecule has 1 N–H and O–H groups in total. The number of hydrogen-bond acceptors (Lipinski definition) is 3. The van der Waals surface area contributed by atoms with Gasteiger partial charge < -0.3 is 10.1 Å². The molecule has 2 heterocycles. The van der Waals surface area contributed by atoms with E-state index in [1.807, 2.05) is 11.7 Å². The highest BCUT2D eigenvalue weighted by atomic mass is 16.5. The van der Waals surface area contributed by atoms with Crippen LogP contribution in [0.5, 0.6) is 5.88 Å². The zero-order valence-corrected chi connectivity index (χ0v) is 8.84. The number of fused-ring (bicyclic) bond motifs is 1. The van der Waals surface area contributed by atoms with Gasteiger partial charge in [0.25, 0.3) is 0 Å². The number of ether oxygens (including phenoxy) is 1. The average Bonchev–Trinajstić information content (AvgIpc) is 2.42. The van der Waals surface area contributed by atoms with E-state index < -0.39 is 0 Å². The second kappa shape index (κ2) is 4.00. The standard InChI is InChI=1S/C10H17N3O/c1-13-10(14-2)8-7-11-6-4-3-5-9(8)12-13/h11H,3-7H2,1-2H3. The van der Waals surface area contributed by atoms with Gasteiger partial charge in [0.15, 0.2) is 0 Å². The van der Waals surface area contributed by atoms with E-state index in [1.165, 1.54) is 24.1 Å². The van der Waals surface area contributed by atoms with Gasteiger partial charge in [-0.1, -0.05) is 0 Å². The summed E-state index contributed by atoms with van der Waals surface area (Å²) in [4.78, 5) is 0. The Morgan fingerprint density at radius 1 is 1.43 bits per heavy atom. The van der Waals surface area contributed by atoms with Crippen molar-refractivity contribution in [3.63, 3.8) is 0 Å². The smallest absolute Gasteiger partial charge is 0.216 e. The first-order valence-corrected chi connectivity index (χ1v) is 5.12. The van der Waals surface area contributed by atoms with Gasteiger partial charge in [-0.3, -0.25) is 0 Å². The van der Waals surface area contributed by atoms with E-state index in [-0.39, 0.29) is 0 Å². The lowest BCUT2D eigenvalue weighted by Gasteiger charge is -2.10. The van der Waals surface area contributed by atoms with Crippen molar-refractivity contribution >= 4 is 0 Å². The van der Waals surface area contributed by atoms with Crippen molar-refractivity contribution in [1.29, 1.82) is 0 Å². The molecule has 0 saturated carbocycles. The van der Waals surface area contributed by atoms with E-state index in [9.17, 15) is 0 Å². The Balaban J connectivity index is 2.34. The van der Waals surface area contributed by atoms with Crippen LogP contribution in [0.1, 0.15) is 24.1 Å². The van der Waals surface area contributed by atoms with Gasteiger partial charge in [-0.25, -0.2) is 4.68 Å². The molecule has 0 unspecified atom stereocenters. The molecular weight excluding hydrogens is 178 g/mol. The fourth-order valence-corrected chi connectivity index (χ4v) is 2.00. The predicted octanol–water partition coefficient (Wildman–Crippen LogP) is 0.855. The van der Waals surface area contributed by atoms with Gasteiger partial charge in [0, 0.05) is 13.6 Å². The van der Waals surface area contributed by atoms with Gasteiger partial charge in [-0.2, -0.15) is 5.10 Å². The van der Waals surface area contributed by atoms with Crippen molar-refractivity contribution in [2.75, 3.05) is 13.7 Å². The average molecular weight is 195 g/mol. The van der Waals surface area contributed by atoms with Crippen LogP contribution in [0.4, 0.5) is 0 Å². The molecular formula is C10H17N3O. The molecule has 78 valence electrons. The molecule has 0 amide bonds. The van der Waals surface area contributed by atoms with Crippen LogP contribution in [0.2, 0.25) is 0 Å². The third kappa shape index (κ3) is 1.62. The maximum Gasteiger partial charge on any atom is 0.216 e. The lowest BCUT2D eigenvalue weighted by atomic mass is 10.1. The highest BCUT2D eigenvalue weighted by molar-refractivity contribution is 5.32. The second-order valence-corrected chi connectivity index (χ2v) is 3.69. The Hall–Kier alpha value is -1.03. The minimum atomic E-state index is 0.881. The minimum Gasteiger partial charge on any atom is -0.481 e. The molecule has 1 aliphatic heterocycles. The quantitative estimate of drug-likeness (QED) is 0.722. The Morgan fingerprint density at radius 2 is 2.29 bits per heavy atom. The molecule has 14 heavy (non-hydrogen) atoms. The summed E-state index contributed by atoms with van der Waals surface area (Å²) in [6, 6.07) is 0. The molecule has 0 aliphatic carbocycles. The van der Waals surface area contributed by atoms with Crippen LogP contribution in [0.25, 0.3) is 0 Å². The summed E-state index contributed by atoms with van der Waals surface area (Å²) in [5.74, 6) is 0.898. The first-order valence-electron chi connectivity index (χ1n) is 5.12. The van der Waals surface area contributed by atoms with Crippen LogP contribution in [0, 0.1) is 0 Å². The summed E-state index contributed by atoms with van der Waals surface area (Å²) in [6.07, 6.45) is 3.52. The van der Waals surface area contributed by atoms with Crippen molar-refractivity contribution in [3.8, 4) is 5.88 Å². The number of nitrogens with zero attached hydrogens (tertiary/aromatic N) is 2. The summed E-state index contributed by atoms with van der Waals surface area (Å²) in [7, 11) is 3.64. The molecule has 0 aromatic carbocycles. The van der Waals surface area contributed by atoms with Gasteiger partial charge in [0.05, 0.1) is 18.4 Å². The van der Waals surface area contributed by atoms with Gasteiger partial charge in [0.1, 0.15) is 0 Å². The fourth-order valence-electron chi connectivity index (χ4n) is 2.00. The number of methoxy groups -OCH3 is 1. The van der Waals surface area contributed by atoms with E-state index in [4.69, 9.17) is 4.74 Å². The zero-order valence-electron chi connectivity index (χ0n) is 8.84. The second-order valence-electron chi connectivity index (χ2n) is 3.69. The van der Waals surface area contributed by atoms with Gasteiger partial charge >= 0.3 is 0 Å². The van der Waals surface area contributed by atoms with E-state index in [1.54, 1.807) is 7.11 Å². The largest absolute Gasteiger partial charge is 0.481 e. The van der Waals surface area contributed by atoms with Gasteiger partial charge in [-0.15, -0.1) is 0 Å². The Labute approximate surface area is 84.3 Å². The van der Waals surface area contributed by atoms with Crippen molar-refractivity contribution in [2.24, 2.45) is 7.05 Å². The maximum absolute atomic E-state index is 5.34. The molecule has 1 aromatic rings. The molecule has 0 atom stereocenters. The number of hydrogen-bond donors (Lipinski definition) is 1. The molecule has 1 aromatic heterocycles. The van der Waals surface area contributed by atoms with Crippen LogP contribution in [0.15, 0.2) is 0 Å². The minimum absolute atomic E-state index is 0.881. The summed E-state index contributed by atoms with van der Waals surface area (Å²) in [6.45, 7) is 1.98. The maximum atomic E-state index is 5.34. The molecule has 0 bridgehead atoms. The lowest BCUT2D eigenvalue weighted by molar-refractivity contribution is 0.368. The number of rotatable bonds is 1. The first-order chi connectivity index (χ1) is 6.83. The summed E-state index contributed by atoms with van der Waals surface area (Å²) in [5, 5.41) is 7.87. The fraction of sp³-hybridized carbons (Fsp3) is 0.700.